The Kier molecular flexibility index (Phi) is 7.12. The van der Waals surface area contributed by atoms with Crippen molar-refractivity contribution < 1.29 is 18.7 Å². The van der Waals surface area contributed by atoms with Crippen molar-refractivity contribution in [2.24, 2.45) is 0 Å². The minimum Gasteiger partial charge on any atom is -0.372 e. The molecule has 2 N–H and O–H groups in total. The first kappa shape index (κ1) is 19.1. The predicted octanol–water partition coefficient (Wildman–Crippen LogP) is 0.481. The number of nitrogens with zero attached hydrogens (tertiary/aromatic N) is 1. The highest BCUT2D eigenvalue weighted by atomic mass is 19.1. The molecule has 0 aliphatic heterocycles. The molecule has 23 heavy (non-hydrogen) atoms. The van der Waals surface area contributed by atoms with E-state index in [0.29, 0.717) is 18.7 Å². The molecule has 0 bridgehead atoms. The summed E-state index contributed by atoms with van der Waals surface area (Å²) in [5, 5.41) is 4.99. The van der Waals surface area contributed by atoms with Crippen molar-refractivity contribution in [3.05, 3.63) is 35.6 Å². The van der Waals surface area contributed by atoms with E-state index in [1.165, 1.54) is 13.2 Å². The van der Waals surface area contributed by atoms with Crippen molar-refractivity contribution in [3.8, 4) is 0 Å². The van der Waals surface area contributed by atoms with Crippen LogP contribution in [0.4, 0.5) is 4.39 Å². The number of nitrogens with one attached hydrogen (secondary N) is 2. The number of halogens is 1. The van der Waals surface area contributed by atoms with Crippen LogP contribution >= 0.6 is 0 Å². The highest BCUT2D eigenvalue weighted by Crippen LogP contribution is 2.26. The Morgan fingerprint density at radius 3 is 2.39 bits per heavy atom. The second-order valence-corrected chi connectivity index (χ2v) is 5.66. The topological polar surface area (TPSA) is 70.7 Å². The average molecular weight is 325 g/mol. The Labute approximate surface area is 136 Å². The summed E-state index contributed by atoms with van der Waals surface area (Å²) < 4.78 is 19.3. The van der Waals surface area contributed by atoms with Crippen LogP contribution in [0.25, 0.3) is 0 Å². The van der Waals surface area contributed by atoms with Crippen molar-refractivity contribution in [2.75, 3.05) is 40.8 Å². The van der Waals surface area contributed by atoms with Gasteiger partial charge in [0.1, 0.15) is 11.4 Å². The molecule has 1 aromatic carbocycles. The van der Waals surface area contributed by atoms with Gasteiger partial charge in [0.2, 0.25) is 0 Å². The van der Waals surface area contributed by atoms with Gasteiger partial charge in [0, 0.05) is 25.8 Å². The van der Waals surface area contributed by atoms with Gasteiger partial charge in [-0.2, -0.15) is 0 Å². The summed E-state index contributed by atoms with van der Waals surface area (Å²) >= 11 is 0. The number of carbonyl (C=O) groups is 2. The van der Waals surface area contributed by atoms with Gasteiger partial charge in [0.15, 0.2) is 0 Å². The lowest BCUT2D eigenvalue weighted by molar-refractivity contribution is -0.140. The molecule has 2 amide bonds. The normalized spacial score (nSPS) is 13.5. The van der Waals surface area contributed by atoms with Gasteiger partial charge >= 0.3 is 11.8 Å². The fourth-order valence-corrected chi connectivity index (χ4v) is 1.97. The summed E-state index contributed by atoms with van der Waals surface area (Å²) in [6.07, 6.45) is 0. The van der Waals surface area contributed by atoms with E-state index in [0.717, 1.165) is 0 Å². The van der Waals surface area contributed by atoms with Crippen molar-refractivity contribution in [2.45, 2.75) is 12.5 Å². The lowest BCUT2D eigenvalue weighted by Crippen LogP contribution is -2.47. The van der Waals surface area contributed by atoms with E-state index in [1.807, 2.05) is 19.0 Å². The minimum absolute atomic E-state index is 0.0234. The number of hydrogen-bond acceptors (Lipinski definition) is 4. The number of amides is 2. The standard InChI is InChI=1S/C16H24FN3O3/c1-16(23-4,12-7-5-6-8-13(12)17)11-19-15(22)14(21)18-9-10-20(2)3/h5-8H,9-11H2,1-4H3,(H,18,21)(H,19,22). The van der Waals surface area contributed by atoms with Crippen LogP contribution in [-0.4, -0.2) is 57.6 Å². The molecule has 128 valence electrons. The number of carbonyl (C=O) groups excluding carboxylic acids is 2. The number of methoxy groups -OCH3 is 1. The summed E-state index contributed by atoms with van der Waals surface area (Å²) in [5.74, 6) is -1.93. The van der Waals surface area contributed by atoms with Crippen molar-refractivity contribution in [1.82, 2.24) is 15.5 Å². The third kappa shape index (κ3) is 5.61. The Morgan fingerprint density at radius 2 is 1.83 bits per heavy atom. The van der Waals surface area contributed by atoms with Crippen LogP contribution in [0.15, 0.2) is 24.3 Å². The Morgan fingerprint density at radius 1 is 1.22 bits per heavy atom. The lowest BCUT2D eigenvalue weighted by atomic mass is 9.95. The number of benzene rings is 1. The second-order valence-electron chi connectivity index (χ2n) is 5.66. The molecule has 0 saturated heterocycles. The number of hydrogen-bond donors (Lipinski definition) is 2. The van der Waals surface area contributed by atoms with Gasteiger partial charge in [-0.05, 0) is 27.1 Å². The Hall–Kier alpha value is -1.99. The summed E-state index contributed by atoms with van der Waals surface area (Å²) in [7, 11) is 5.16. The molecule has 0 aliphatic rings. The van der Waals surface area contributed by atoms with Crippen molar-refractivity contribution >= 4 is 11.8 Å². The highest BCUT2D eigenvalue weighted by Gasteiger charge is 2.30. The zero-order valence-electron chi connectivity index (χ0n) is 14.0. The molecule has 0 fully saturated rings. The third-order valence-corrected chi connectivity index (χ3v) is 3.53. The first-order valence-electron chi connectivity index (χ1n) is 7.31. The molecular formula is C16H24FN3O3. The summed E-state index contributed by atoms with van der Waals surface area (Å²) in [5.41, 5.74) is -0.749. The van der Waals surface area contributed by atoms with Gasteiger partial charge < -0.3 is 20.3 Å². The Balaban J connectivity index is 2.62. The van der Waals surface area contributed by atoms with Gasteiger partial charge in [-0.3, -0.25) is 9.59 Å². The quantitative estimate of drug-likeness (QED) is 0.716. The summed E-state index contributed by atoms with van der Waals surface area (Å²) in [6, 6.07) is 6.17. The molecule has 7 heteroatoms. The van der Waals surface area contributed by atoms with E-state index in [2.05, 4.69) is 10.6 Å². The van der Waals surface area contributed by atoms with E-state index in [9.17, 15) is 14.0 Å². The van der Waals surface area contributed by atoms with Gasteiger partial charge in [-0.15, -0.1) is 0 Å². The molecule has 1 aromatic rings. The fourth-order valence-electron chi connectivity index (χ4n) is 1.97. The van der Waals surface area contributed by atoms with Gasteiger partial charge in [-0.25, -0.2) is 4.39 Å². The van der Waals surface area contributed by atoms with Crippen molar-refractivity contribution in [1.29, 1.82) is 0 Å². The smallest absolute Gasteiger partial charge is 0.309 e. The molecule has 6 nitrogen and oxygen atoms in total. The maximum absolute atomic E-state index is 13.9. The van der Waals surface area contributed by atoms with Gasteiger partial charge in [0.05, 0.1) is 6.54 Å². The largest absolute Gasteiger partial charge is 0.372 e. The number of rotatable bonds is 7. The van der Waals surface area contributed by atoms with Crippen LogP contribution in [0.3, 0.4) is 0 Å². The summed E-state index contributed by atoms with van der Waals surface area (Å²) in [4.78, 5) is 25.4. The molecule has 0 aliphatic carbocycles. The molecule has 0 saturated carbocycles. The number of likely N-dealkylation sites (N-methyl/N-ethyl adjacent to an activating group) is 1. The molecular weight excluding hydrogens is 301 g/mol. The molecule has 1 atom stereocenters. The van der Waals surface area contributed by atoms with E-state index in [1.54, 1.807) is 25.1 Å². The molecule has 0 radical (unpaired) electrons. The van der Waals surface area contributed by atoms with Crippen LogP contribution in [0.5, 0.6) is 0 Å². The first-order valence-corrected chi connectivity index (χ1v) is 7.31. The third-order valence-electron chi connectivity index (χ3n) is 3.53. The SMILES string of the molecule is COC(C)(CNC(=O)C(=O)NCCN(C)C)c1ccccc1F. The molecule has 1 rings (SSSR count). The molecule has 0 spiro atoms. The maximum Gasteiger partial charge on any atom is 0.309 e. The summed E-state index contributed by atoms with van der Waals surface area (Å²) in [6.45, 7) is 2.62. The minimum atomic E-state index is -1.06. The fraction of sp³-hybridized carbons (Fsp3) is 0.500. The number of ether oxygens (including phenoxy) is 1. The predicted molar refractivity (Wildman–Crippen MR) is 85.3 cm³/mol. The van der Waals surface area contributed by atoms with Crippen molar-refractivity contribution in [3.63, 3.8) is 0 Å². The Bertz CT molecular complexity index is 551. The van der Waals surface area contributed by atoms with Crippen LogP contribution in [0, 0.1) is 5.82 Å². The monoisotopic (exact) mass is 325 g/mol. The first-order chi connectivity index (χ1) is 10.8. The zero-order chi connectivity index (χ0) is 17.5. The van der Waals surface area contributed by atoms with Gasteiger partial charge in [-0.1, -0.05) is 18.2 Å². The van der Waals surface area contributed by atoms with Crippen LogP contribution in [0.1, 0.15) is 12.5 Å². The highest BCUT2D eigenvalue weighted by molar-refractivity contribution is 6.35. The maximum atomic E-state index is 13.9. The second kappa shape index (κ2) is 8.59. The zero-order valence-corrected chi connectivity index (χ0v) is 14.0. The average Bonchev–Trinajstić information content (AvgIpc) is 2.52. The van der Waals surface area contributed by atoms with E-state index in [-0.39, 0.29) is 6.54 Å². The van der Waals surface area contributed by atoms with Crippen LogP contribution < -0.4 is 10.6 Å². The lowest BCUT2D eigenvalue weighted by Gasteiger charge is -2.29. The van der Waals surface area contributed by atoms with Crippen LogP contribution in [-0.2, 0) is 19.9 Å². The van der Waals surface area contributed by atoms with E-state index >= 15 is 0 Å². The van der Waals surface area contributed by atoms with Gasteiger partial charge in [0.25, 0.3) is 0 Å². The molecule has 0 heterocycles. The van der Waals surface area contributed by atoms with E-state index in [4.69, 9.17) is 4.74 Å². The molecule has 1 unspecified atom stereocenters. The molecule has 0 aromatic heterocycles. The van der Waals surface area contributed by atoms with E-state index < -0.39 is 23.2 Å². The van der Waals surface area contributed by atoms with Crippen LogP contribution in [0.2, 0.25) is 0 Å².